The molecule has 8 nitrogen and oxygen atoms in total. The molecule has 0 unspecified atom stereocenters. The second-order valence-corrected chi connectivity index (χ2v) is 8.45. The quantitative estimate of drug-likeness (QED) is 0.418. The number of nitrogens with one attached hydrogen (secondary N) is 1. The summed E-state index contributed by atoms with van der Waals surface area (Å²) in [6.45, 7) is 4.81. The molecule has 0 saturated carbocycles. The maximum Gasteiger partial charge on any atom is 0.335 e. The third-order valence-electron chi connectivity index (χ3n) is 6.56. The highest BCUT2D eigenvalue weighted by atomic mass is 19.1. The predicted octanol–water partition coefficient (Wildman–Crippen LogP) is 5.30. The van der Waals surface area contributed by atoms with Crippen LogP contribution >= 0.6 is 0 Å². The Morgan fingerprint density at radius 1 is 1.06 bits per heavy atom. The second-order valence-electron chi connectivity index (χ2n) is 8.45. The number of halogens is 1. The summed E-state index contributed by atoms with van der Waals surface area (Å²) in [5.74, 6) is -0.618. The summed E-state index contributed by atoms with van der Waals surface area (Å²) in [5.41, 5.74) is 0.0617. The number of carbonyl (C=O) groups excluding carboxylic acids is 2. The topological polar surface area (TPSA) is 105 Å². The lowest BCUT2D eigenvalue weighted by Gasteiger charge is -2.53. The minimum atomic E-state index is -1.06. The largest absolute Gasteiger partial charge is 0.478 e. The minimum Gasteiger partial charge on any atom is -0.478 e. The number of ether oxygens (including phenoxy) is 2. The average molecular weight is 487 g/mol. The minimum absolute atomic E-state index is 0.110. The highest BCUT2D eigenvalue weighted by Crippen LogP contribution is 2.46. The summed E-state index contributed by atoms with van der Waals surface area (Å²) in [6.07, 6.45) is 1.55. The number of hydrogen-bond donors (Lipinski definition) is 2. The van der Waals surface area contributed by atoms with Crippen molar-refractivity contribution in [2.75, 3.05) is 6.86 Å². The van der Waals surface area contributed by atoms with Crippen LogP contribution in [0.15, 0.2) is 48.5 Å². The van der Waals surface area contributed by atoms with Crippen LogP contribution in [0.2, 0.25) is 0 Å². The fraction of sp³-hybridized carbons (Fsp3) is 0.423. The number of carboxylic acids is 1. The molecule has 3 amide bonds. The van der Waals surface area contributed by atoms with E-state index in [2.05, 4.69) is 5.32 Å². The van der Waals surface area contributed by atoms with Crippen LogP contribution in [0.4, 0.5) is 9.18 Å². The van der Waals surface area contributed by atoms with Crippen molar-refractivity contribution in [3.05, 3.63) is 59.7 Å². The average Bonchev–Trinajstić information content (AvgIpc) is 2.85. The van der Waals surface area contributed by atoms with Gasteiger partial charge in [0, 0.05) is 0 Å². The summed E-state index contributed by atoms with van der Waals surface area (Å²) in [5, 5.41) is 12.1. The molecule has 3 rings (SSSR count). The van der Waals surface area contributed by atoms with Gasteiger partial charge in [0.25, 0.3) is 0 Å². The first kappa shape index (κ1) is 26.0. The van der Waals surface area contributed by atoms with Crippen molar-refractivity contribution >= 4 is 17.9 Å². The molecule has 1 fully saturated rings. The van der Waals surface area contributed by atoms with E-state index in [9.17, 15) is 18.8 Å². The molecule has 2 atom stereocenters. The molecule has 2 aromatic carbocycles. The Labute approximate surface area is 204 Å². The number of carbonyl (C=O) groups is 3. The Morgan fingerprint density at radius 3 is 2.17 bits per heavy atom. The monoisotopic (exact) mass is 486 g/mol. The van der Waals surface area contributed by atoms with Crippen LogP contribution in [0.1, 0.15) is 68.4 Å². The van der Waals surface area contributed by atoms with Gasteiger partial charge in [0.15, 0.2) is 6.23 Å². The molecular formula is C26H31FN2O6. The third kappa shape index (κ3) is 5.23. The van der Waals surface area contributed by atoms with Crippen LogP contribution in [-0.4, -0.2) is 41.0 Å². The molecular weight excluding hydrogens is 455 g/mol. The lowest BCUT2D eigenvalue weighted by molar-refractivity contribution is -0.191. The summed E-state index contributed by atoms with van der Waals surface area (Å²) >= 11 is 0. The summed E-state index contributed by atoms with van der Waals surface area (Å²) in [4.78, 5) is 38.7. The maximum absolute atomic E-state index is 13.3. The number of benzene rings is 2. The van der Waals surface area contributed by atoms with Crippen LogP contribution in [0.3, 0.4) is 0 Å². The van der Waals surface area contributed by atoms with Crippen LogP contribution < -0.4 is 14.8 Å². The van der Waals surface area contributed by atoms with Gasteiger partial charge in [0.05, 0.1) is 11.6 Å². The molecule has 1 saturated heterocycles. The standard InChI is InChI=1S/C26H31FN2O6/c1-4-7-21(17-8-12-19(13-9-17)34-16-27)28-25(33)29-23(32)26(5-2,6-3)24(29)35-20-14-10-18(11-15-20)22(30)31/h8-15,21,24H,4-7,16H2,1-3H3,(H,28,33)(H,30,31)/t21-,24+/m1/s1. The molecule has 0 aliphatic carbocycles. The molecule has 0 aromatic heterocycles. The predicted molar refractivity (Wildman–Crippen MR) is 127 cm³/mol. The molecule has 9 heteroatoms. The van der Waals surface area contributed by atoms with E-state index in [1.807, 2.05) is 20.8 Å². The number of urea groups is 1. The number of carboxylic acid groups (broad SMARTS) is 1. The Balaban J connectivity index is 1.81. The van der Waals surface area contributed by atoms with Gasteiger partial charge in [0.1, 0.15) is 16.9 Å². The molecule has 2 aromatic rings. The first-order chi connectivity index (χ1) is 16.8. The molecule has 2 N–H and O–H groups in total. The molecule has 0 radical (unpaired) electrons. The molecule has 1 aliphatic heterocycles. The van der Waals surface area contributed by atoms with Crippen LogP contribution in [0.25, 0.3) is 0 Å². The van der Waals surface area contributed by atoms with Gasteiger partial charge in [-0.15, -0.1) is 0 Å². The van der Waals surface area contributed by atoms with Gasteiger partial charge in [-0.2, -0.15) is 0 Å². The molecule has 1 aliphatic rings. The first-order valence-electron chi connectivity index (χ1n) is 11.7. The summed E-state index contributed by atoms with van der Waals surface area (Å²) < 4.78 is 23.3. The number of nitrogens with zero attached hydrogens (tertiary/aromatic N) is 1. The maximum atomic E-state index is 13.3. The van der Waals surface area contributed by atoms with E-state index < -0.39 is 30.5 Å². The van der Waals surface area contributed by atoms with Crippen molar-refractivity contribution in [3.63, 3.8) is 0 Å². The normalized spacial score (nSPS) is 17.3. The molecule has 0 spiro atoms. The summed E-state index contributed by atoms with van der Waals surface area (Å²) in [7, 11) is 0. The second kappa shape index (κ2) is 11.2. The Hall–Kier alpha value is -3.62. The number of likely N-dealkylation sites (tertiary alicyclic amines) is 1. The van der Waals surface area contributed by atoms with Crippen LogP contribution in [0, 0.1) is 5.41 Å². The lowest BCUT2D eigenvalue weighted by atomic mass is 9.72. The van der Waals surface area contributed by atoms with Gasteiger partial charge >= 0.3 is 12.0 Å². The van der Waals surface area contributed by atoms with Crippen molar-refractivity contribution in [3.8, 4) is 11.5 Å². The van der Waals surface area contributed by atoms with Crippen molar-refractivity contribution in [1.29, 1.82) is 0 Å². The van der Waals surface area contributed by atoms with Crippen molar-refractivity contribution in [2.45, 2.75) is 58.7 Å². The zero-order valence-corrected chi connectivity index (χ0v) is 20.1. The lowest BCUT2D eigenvalue weighted by Crippen LogP contribution is -2.73. The van der Waals surface area contributed by atoms with E-state index in [-0.39, 0.29) is 17.5 Å². The van der Waals surface area contributed by atoms with Crippen molar-refractivity contribution < 1.29 is 33.4 Å². The van der Waals surface area contributed by atoms with E-state index in [0.717, 1.165) is 16.9 Å². The third-order valence-corrected chi connectivity index (χ3v) is 6.56. The molecule has 0 bridgehead atoms. The number of hydrogen-bond acceptors (Lipinski definition) is 5. The zero-order valence-electron chi connectivity index (χ0n) is 20.1. The zero-order chi connectivity index (χ0) is 25.6. The molecule has 188 valence electrons. The molecule has 35 heavy (non-hydrogen) atoms. The SMILES string of the molecule is CCC[C@@H](NC(=O)N1C(=O)C(CC)(CC)[C@@H]1Oc1ccc(C(=O)O)cc1)c1ccc(OCF)cc1. The number of rotatable bonds is 11. The smallest absolute Gasteiger partial charge is 0.335 e. The fourth-order valence-electron chi connectivity index (χ4n) is 4.39. The van der Waals surface area contributed by atoms with E-state index in [1.165, 1.54) is 24.3 Å². The van der Waals surface area contributed by atoms with E-state index >= 15 is 0 Å². The Bertz CT molecular complexity index is 1040. The van der Waals surface area contributed by atoms with Gasteiger partial charge < -0.3 is 19.9 Å². The van der Waals surface area contributed by atoms with Crippen LogP contribution in [0.5, 0.6) is 11.5 Å². The number of β-lactam (4-membered cyclic amide) rings is 1. The van der Waals surface area contributed by atoms with Crippen LogP contribution in [-0.2, 0) is 4.79 Å². The summed E-state index contributed by atoms with van der Waals surface area (Å²) in [6, 6.07) is 11.7. The van der Waals surface area contributed by atoms with E-state index in [0.29, 0.717) is 30.8 Å². The highest BCUT2D eigenvalue weighted by Gasteiger charge is 2.63. The van der Waals surface area contributed by atoms with Gasteiger partial charge in [-0.05, 0) is 61.2 Å². The number of alkyl halides is 1. The van der Waals surface area contributed by atoms with Crippen molar-refractivity contribution in [1.82, 2.24) is 10.2 Å². The van der Waals surface area contributed by atoms with E-state index in [1.54, 1.807) is 24.3 Å². The first-order valence-corrected chi connectivity index (χ1v) is 11.7. The highest BCUT2D eigenvalue weighted by molar-refractivity contribution is 6.03. The van der Waals surface area contributed by atoms with Gasteiger partial charge in [-0.3, -0.25) is 4.79 Å². The van der Waals surface area contributed by atoms with Gasteiger partial charge in [0.2, 0.25) is 12.8 Å². The Kier molecular flexibility index (Phi) is 8.32. The van der Waals surface area contributed by atoms with Crippen molar-refractivity contribution in [2.24, 2.45) is 5.41 Å². The number of aromatic carboxylic acids is 1. The number of amides is 3. The number of imide groups is 1. The van der Waals surface area contributed by atoms with Gasteiger partial charge in [-0.25, -0.2) is 18.9 Å². The van der Waals surface area contributed by atoms with Gasteiger partial charge in [-0.1, -0.05) is 39.3 Å². The molecule has 1 heterocycles. The van der Waals surface area contributed by atoms with E-state index in [4.69, 9.17) is 14.6 Å². The Morgan fingerprint density at radius 2 is 1.66 bits per heavy atom. The fourth-order valence-corrected chi connectivity index (χ4v) is 4.39.